The number of hydrogen-bond donors (Lipinski definition) is 1. The van der Waals surface area contributed by atoms with Crippen molar-refractivity contribution in [1.29, 1.82) is 0 Å². The van der Waals surface area contributed by atoms with E-state index in [4.69, 9.17) is 4.74 Å². The van der Waals surface area contributed by atoms with Gasteiger partial charge in [0, 0.05) is 5.56 Å². The first-order valence-electron chi connectivity index (χ1n) is 8.91. The van der Waals surface area contributed by atoms with Gasteiger partial charge in [-0.1, -0.05) is 36.4 Å². The highest BCUT2D eigenvalue weighted by Gasteiger charge is 2.21. The summed E-state index contributed by atoms with van der Waals surface area (Å²) < 4.78 is 6.71. The third kappa shape index (κ3) is 5.00. The van der Waals surface area contributed by atoms with Gasteiger partial charge in [-0.15, -0.1) is 5.10 Å². The number of nitrogens with one attached hydrogen (secondary N) is 1. The van der Waals surface area contributed by atoms with E-state index in [1.165, 1.54) is 11.0 Å². The molecular weight excluding hydrogens is 358 g/mol. The number of amides is 1. The van der Waals surface area contributed by atoms with Gasteiger partial charge in [0.1, 0.15) is 6.33 Å². The summed E-state index contributed by atoms with van der Waals surface area (Å²) in [6, 6.07) is 15.7. The van der Waals surface area contributed by atoms with Crippen LogP contribution in [0.25, 0.3) is 5.69 Å². The highest BCUT2D eigenvalue weighted by molar-refractivity contribution is 5.95. The number of hydrogen-bond acceptors (Lipinski definition) is 6. The summed E-state index contributed by atoms with van der Waals surface area (Å²) in [6.07, 6.45) is 1.28. The van der Waals surface area contributed by atoms with Crippen molar-refractivity contribution in [3.8, 4) is 5.69 Å². The molecular formula is C20H21N5O3. The Kier molecular flexibility index (Phi) is 6.11. The fraction of sp³-hybridized carbons (Fsp3) is 0.250. The molecule has 0 unspecified atom stereocenters. The molecule has 0 radical (unpaired) electrons. The van der Waals surface area contributed by atoms with Gasteiger partial charge in [-0.25, -0.2) is 4.68 Å². The summed E-state index contributed by atoms with van der Waals surface area (Å²) in [5, 5.41) is 13.9. The third-order valence-corrected chi connectivity index (χ3v) is 3.97. The number of esters is 1. The Bertz CT molecular complexity index is 926. The number of carbonyl (C=O) groups is 2. The summed E-state index contributed by atoms with van der Waals surface area (Å²) in [7, 11) is 0. The maximum Gasteiger partial charge on any atom is 0.308 e. The molecule has 0 aliphatic rings. The van der Waals surface area contributed by atoms with Crippen molar-refractivity contribution >= 4 is 11.9 Å². The van der Waals surface area contributed by atoms with Crippen molar-refractivity contribution < 1.29 is 14.3 Å². The lowest BCUT2D eigenvalue weighted by Crippen LogP contribution is -2.31. The van der Waals surface area contributed by atoms with Gasteiger partial charge in [0.2, 0.25) is 0 Å². The number of benzene rings is 2. The number of rotatable bonds is 7. The average molecular weight is 379 g/mol. The molecule has 8 heteroatoms. The Morgan fingerprint density at radius 1 is 1.11 bits per heavy atom. The van der Waals surface area contributed by atoms with E-state index in [2.05, 4.69) is 20.8 Å². The van der Waals surface area contributed by atoms with Gasteiger partial charge >= 0.3 is 5.97 Å². The SMILES string of the molecule is CC(C)OC(=O)C[C@@H](NC(=O)c1cccc(-n2cnnn2)c1)c1ccccc1. The Morgan fingerprint density at radius 3 is 2.57 bits per heavy atom. The second kappa shape index (κ2) is 8.90. The molecule has 0 saturated heterocycles. The summed E-state index contributed by atoms with van der Waals surface area (Å²) in [4.78, 5) is 25.0. The average Bonchev–Trinajstić information content (AvgIpc) is 3.22. The van der Waals surface area contributed by atoms with E-state index in [-0.39, 0.29) is 24.4 Å². The van der Waals surface area contributed by atoms with Crippen molar-refractivity contribution in [2.45, 2.75) is 32.4 Å². The normalized spacial score (nSPS) is 11.8. The number of nitrogens with zero attached hydrogens (tertiary/aromatic N) is 4. The van der Waals surface area contributed by atoms with Crippen molar-refractivity contribution in [3.05, 3.63) is 72.1 Å². The predicted molar refractivity (Wildman–Crippen MR) is 102 cm³/mol. The van der Waals surface area contributed by atoms with Crippen LogP contribution in [-0.4, -0.2) is 38.2 Å². The van der Waals surface area contributed by atoms with Crippen LogP contribution in [0.4, 0.5) is 0 Å². The number of ether oxygens (including phenoxy) is 1. The Morgan fingerprint density at radius 2 is 1.89 bits per heavy atom. The monoisotopic (exact) mass is 379 g/mol. The molecule has 8 nitrogen and oxygen atoms in total. The molecule has 1 atom stereocenters. The highest BCUT2D eigenvalue weighted by Crippen LogP contribution is 2.19. The lowest BCUT2D eigenvalue weighted by molar-refractivity contribution is -0.147. The second-order valence-electron chi connectivity index (χ2n) is 6.48. The van der Waals surface area contributed by atoms with E-state index >= 15 is 0 Å². The maximum atomic E-state index is 12.8. The molecule has 0 spiro atoms. The van der Waals surface area contributed by atoms with Crippen LogP contribution in [0.15, 0.2) is 60.9 Å². The minimum Gasteiger partial charge on any atom is -0.463 e. The molecule has 144 valence electrons. The summed E-state index contributed by atoms with van der Waals surface area (Å²) in [5.74, 6) is -0.673. The molecule has 1 N–H and O–H groups in total. The van der Waals surface area contributed by atoms with Gasteiger partial charge in [0.25, 0.3) is 5.91 Å². The van der Waals surface area contributed by atoms with E-state index in [0.29, 0.717) is 11.3 Å². The number of aromatic nitrogens is 4. The molecule has 3 aromatic rings. The van der Waals surface area contributed by atoms with Crippen molar-refractivity contribution in [2.24, 2.45) is 0 Å². The van der Waals surface area contributed by atoms with Crippen LogP contribution in [0, 0.1) is 0 Å². The molecule has 2 aromatic carbocycles. The summed E-state index contributed by atoms with van der Waals surface area (Å²) in [6.45, 7) is 3.58. The highest BCUT2D eigenvalue weighted by atomic mass is 16.5. The molecule has 0 bridgehead atoms. The zero-order valence-corrected chi connectivity index (χ0v) is 15.6. The predicted octanol–water partition coefficient (Wildman–Crippen LogP) is 2.48. The van der Waals surface area contributed by atoms with Gasteiger partial charge in [0.05, 0.1) is 24.3 Å². The molecule has 1 heterocycles. The molecule has 1 aromatic heterocycles. The first-order valence-corrected chi connectivity index (χ1v) is 8.91. The molecule has 3 rings (SSSR count). The van der Waals surface area contributed by atoms with Crippen LogP contribution in [0.5, 0.6) is 0 Å². The number of tetrazole rings is 1. The van der Waals surface area contributed by atoms with E-state index in [1.54, 1.807) is 38.1 Å². The first-order chi connectivity index (χ1) is 13.5. The van der Waals surface area contributed by atoms with Crippen LogP contribution >= 0.6 is 0 Å². The zero-order valence-electron chi connectivity index (χ0n) is 15.6. The lowest BCUT2D eigenvalue weighted by Gasteiger charge is -2.19. The summed E-state index contributed by atoms with van der Waals surface area (Å²) >= 11 is 0. The molecule has 0 aliphatic carbocycles. The van der Waals surface area contributed by atoms with Gasteiger partial charge in [-0.2, -0.15) is 0 Å². The molecule has 0 aliphatic heterocycles. The largest absolute Gasteiger partial charge is 0.463 e. The standard InChI is InChI=1S/C20H21N5O3/c1-14(2)28-19(26)12-18(15-7-4-3-5-8-15)22-20(27)16-9-6-10-17(11-16)25-13-21-23-24-25/h3-11,13-14,18H,12H2,1-2H3,(H,22,27)/t18-/m1/s1. The van der Waals surface area contributed by atoms with Crippen molar-refractivity contribution in [2.75, 3.05) is 0 Å². The fourth-order valence-electron chi connectivity index (χ4n) is 2.73. The van der Waals surface area contributed by atoms with E-state index in [9.17, 15) is 9.59 Å². The van der Waals surface area contributed by atoms with Gasteiger partial charge in [0.15, 0.2) is 0 Å². The minimum atomic E-state index is -0.503. The van der Waals surface area contributed by atoms with E-state index in [1.807, 2.05) is 30.3 Å². The van der Waals surface area contributed by atoms with E-state index in [0.717, 1.165) is 5.56 Å². The fourth-order valence-corrected chi connectivity index (χ4v) is 2.73. The number of carbonyl (C=O) groups excluding carboxylic acids is 2. The lowest BCUT2D eigenvalue weighted by atomic mass is 10.0. The quantitative estimate of drug-likeness (QED) is 0.633. The Balaban J connectivity index is 1.79. The third-order valence-electron chi connectivity index (χ3n) is 3.97. The van der Waals surface area contributed by atoms with Gasteiger partial charge in [-0.3, -0.25) is 9.59 Å². The maximum absolute atomic E-state index is 12.8. The van der Waals surface area contributed by atoms with Crippen LogP contribution in [0.2, 0.25) is 0 Å². The van der Waals surface area contributed by atoms with Crippen LogP contribution in [0.3, 0.4) is 0 Å². The zero-order chi connectivity index (χ0) is 19.9. The minimum absolute atomic E-state index is 0.0423. The van der Waals surface area contributed by atoms with Crippen LogP contribution in [-0.2, 0) is 9.53 Å². The Hall–Kier alpha value is -3.55. The smallest absolute Gasteiger partial charge is 0.308 e. The van der Waals surface area contributed by atoms with Gasteiger partial charge in [-0.05, 0) is 48.0 Å². The summed E-state index contributed by atoms with van der Waals surface area (Å²) in [5.41, 5.74) is 1.92. The molecule has 0 saturated carbocycles. The van der Waals surface area contributed by atoms with Crippen molar-refractivity contribution in [1.82, 2.24) is 25.5 Å². The molecule has 1 amide bonds. The topological polar surface area (TPSA) is 99.0 Å². The van der Waals surface area contributed by atoms with E-state index < -0.39 is 6.04 Å². The molecule has 28 heavy (non-hydrogen) atoms. The van der Waals surface area contributed by atoms with Gasteiger partial charge < -0.3 is 10.1 Å². The first kappa shape index (κ1) is 19.2. The Labute approximate surface area is 162 Å². The van der Waals surface area contributed by atoms with Crippen molar-refractivity contribution in [3.63, 3.8) is 0 Å². The van der Waals surface area contributed by atoms with Crippen LogP contribution in [0.1, 0.15) is 42.2 Å². The molecule has 0 fully saturated rings. The van der Waals surface area contributed by atoms with Crippen LogP contribution < -0.4 is 5.32 Å². The second-order valence-corrected chi connectivity index (χ2v) is 6.48.